The van der Waals surface area contributed by atoms with E-state index in [0.717, 1.165) is 37.5 Å². The number of carbonyl (C=O) groups excluding carboxylic acids is 1. The summed E-state index contributed by atoms with van der Waals surface area (Å²) >= 11 is 1.44. The van der Waals surface area contributed by atoms with Crippen molar-refractivity contribution in [3.8, 4) is 0 Å². The van der Waals surface area contributed by atoms with Crippen molar-refractivity contribution >= 4 is 44.0 Å². The van der Waals surface area contributed by atoms with Gasteiger partial charge in [0.25, 0.3) is 0 Å². The Morgan fingerprint density at radius 2 is 1.69 bits per heavy atom. The molecule has 3 heterocycles. The molecular formula is C27H33N3O3S2. The van der Waals surface area contributed by atoms with Gasteiger partial charge in [-0.1, -0.05) is 49.0 Å². The first-order valence-corrected chi connectivity index (χ1v) is 15.3. The number of nitrogens with zero attached hydrogens (tertiary/aromatic N) is 3. The van der Waals surface area contributed by atoms with Crippen LogP contribution in [-0.2, 0) is 21.1 Å². The average molecular weight is 512 g/mol. The maximum Gasteiger partial charge on any atom is 0.248 e. The molecule has 1 amide bonds. The topological polar surface area (TPSA) is 70.0 Å². The van der Waals surface area contributed by atoms with E-state index in [-0.39, 0.29) is 28.7 Å². The highest BCUT2D eigenvalue weighted by molar-refractivity contribution is 8.16. The first kappa shape index (κ1) is 24.4. The molecule has 6 nitrogen and oxygen atoms in total. The monoisotopic (exact) mass is 511 g/mol. The molecular weight excluding hydrogens is 478 g/mol. The van der Waals surface area contributed by atoms with E-state index in [9.17, 15) is 13.2 Å². The van der Waals surface area contributed by atoms with E-state index in [1.54, 1.807) is 0 Å². The Hall–Kier alpha value is -2.32. The minimum absolute atomic E-state index is 0.0727. The zero-order valence-electron chi connectivity index (χ0n) is 20.2. The van der Waals surface area contributed by atoms with Gasteiger partial charge in [-0.3, -0.25) is 4.79 Å². The van der Waals surface area contributed by atoms with Gasteiger partial charge < -0.3 is 9.80 Å². The van der Waals surface area contributed by atoms with Crippen LogP contribution in [0.3, 0.4) is 0 Å². The van der Waals surface area contributed by atoms with Crippen molar-refractivity contribution < 1.29 is 13.2 Å². The lowest BCUT2D eigenvalue weighted by molar-refractivity contribution is -0.117. The first-order chi connectivity index (χ1) is 16.9. The smallest absolute Gasteiger partial charge is 0.248 e. The summed E-state index contributed by atoms with van der Waals surface area (Å²) in [6.07, 6.45) is 4.66. The Bertz CT molecular complexity index is 1170. The van der Waals surface area contributed by atoms with Crippen molar-refractivity contribution in [3.05, 3.63) is 60.2 Å². The zero-order chi connectivity index (χ0) is 24.4. The number of piperidine rings is 1. The third-order valence-corrected chi connectivity index (χ3v) is 10.4. The summed E-state index contributed by atoms with van der Waals surface area (Å²) < 4.78 is 24.6. The molecule has 2 aromatic rings. The van der Waals surface area contributed by atoms with Gasteiger partial charge in [-0.2, -0.15) is 4.99 Å². The number of rotatable bonds is 6. The summed E-state index contributed by atoms with van der Waals surface area (Å²) in [7, 11) is -3.07. The fraction of sp³-hybridized carbons (Fsp3) is 0.481. The lowest BCUT2D eigenvalue weighted by Crippen LogP contribution is -2.38. The van der Waals surface area contributed by atoms with Crippen LogP contribution in [0.4, 0.5) is 11.4 Å². The molecule has 8 heteroatoms. The number of amides is 1. The van der Waals surface area contributed by atoms with Crippen LogP contribution in [0.2, 0.25) is 0 Å². The molecule has 0 aromatic heterocycles. The fourth-order valence-corrected chi connectivity index (χ4v) is 9.34. The van der Waals surface area contributed by atoms with Crippen LogP contribution in [0.15, 0.2) is 59.6 Å². The molecule has 0 N–H and O–H groups in total. The fourth-order valence-electron chi connectivity index (χ4n) is 5.41. The summed E-state index contributed by atoms with van der Waals surface area (Å²) in [4.78, 5) is 21.1. The highest BCUT2D eigenvalue weighted by Gasteiger charge is 2.49. The number of fused-ring (bicyclic) bond motifs is 1. The van der Waals surface area contributed by atoms with Crippen LogP contribution >= 0.6 is 11.8 Å². The van der Waals surface area contributed by atoms with Crippen molar-refractivity contribution in [2.45, 2.75) is 50.3 Å². The maximum absolute atomic E-state index is 12.3. The number of aliphatic imine (C=N–C) groups is 1. The van der Waals surface area contributed by atoms with Gasteiger partial charge in [0.15, 0.2) is 15.0 Å². The predicted molar refractivity (Wildman–Crippen MR) is 145 cm³/mol. The minimum Gasteiger partial charge on any atom is -0.372 e. The van der Waals surface area contributed by atoms with Crippen LogP contribution in [0.5, 0.6) is 0 Å². The molecule has 0 saturated carbocycles. The second-order valence-corrected chi connectivity index (χ2v) is 13.2. The molecule has 3 aliphatic heterocycles. The first-order valence-electron chi connectivity index (χ1n) is 12.6. The quantitative estimate of drug-likeness (QED) is 0.567. The molecule has 5 rings (SSSR count). The summed E-state index contributed by atoms with van der Waals surface area (Å²) in [6, 6.07) is 18.9. The van der Waals surface area contributed by atoms with Gasteiger partial charge in [-0.05, 0) is 61.4 Å². The normalized spacial score (nSPS) is 25.2. The number of benzene rings is 2. The molecule has 0 aliphatic carbocycles. The largest absolute Gasteiger partial charge is 0.372 e. The lowest BCUT2D eigenvalue weighted by Gasteiger charge is -2.34. The van der Waals surface area contributed by atoms with Gasteiger partial charge in [0.1, 0.15) is 0 Å². The average Bonchev–Trinajstić information content (AvgIpc) is 3.31. The van der Waals surface area contributed by atoms with E-state index in [2.05, 4.69) is 64.5 Å². The van der Waals surface area contributed by atoms with E-state index in [4.69, 9.17) is 0 Å². The van der Waals surface area contributed by atoms with Crippen molar-refractivity contribution in [2.75, 3.05) is 34.4 Å². The number of hydrogen-bond donors (Lipinski definition) is 0. The molecule has 3 saturated heterocycles. The Kier molecular flexibility index (Phi) is 7.21. The van der Waals surface area contributed by atoms with Gasteiger partial charge in [0.2, 0.25) is 5.91 Å². The van der Waals surface area contributed by atoms with Crippen LogP contribution in [-0.4, -0.2) is 55.4 Å². The Labute approximate surface area is 212 Å². The number of thioether (sulfide) groups is 1. The zero-order valence-corrected chi connectivity index (χ0v) is 21.8. The van der Waals surface area contributed by atoms with Crippen LogP contribution in [0.25, 0.3) is 0 Å². The lowest BCUT2D eigenvalue weighted by atomic mass is 9.90. The van der Waals surface area contributed by atoms with Gasteiger partial charge in [0.05, 0.1) is 17.5 Å². The third kappa shape index (κ3) is 5.59. The molecule has 186 valence electrons. The number of carbonyl (C=O) groups is 1. The van der Waals surface area contributed by atoms with Gasteiger partial charge in [-0.15, -0.1) is 0 Å². The highest BCUT2D eigenvalue weighted by atomic mass is 32.2. The summed E-state index contributed by atoms with van der Waals surface area (Å²) in [6.45, 7) is 4.04. The molecule has 0 unspecified atom stereocenters. The van der Waals surface area contributed by atoms with E-state index in [1.807, 2.05) is 11.8 Å². The molecule has 2 aromatic carbocycles. The molecule has 3 fully saturated rings. The number of anilines is 2. The van der Waals surface area contributed by atoms with Crippen LogP contribution in [0.1, 0.15) is 38.2 Å². The van der Waals surface area contributed by atoms with Crippen molar-refractivity contribution in [1.82, 2.24) is 0 Å². The Morgan fingerprint density at radius 1 is 1.00 bits per heavy atom. The van der Waals surface area contributed by atoms with E-state index >= 15 is 0 Å². The highest BCUT2D eigenvalue weighted by Crippen LogP contribution is 2.41. The molecule has 3 aliphatic rings. The van der Waals surface area contributed by atoms with Crippen molar-refractivity contribution in [1.29, 1.82) is 0 Å². The van der Waals surface area contributed by atoms with Crippen LogP contribution < -0.4 is 9.80 Å². The number of hydrogen-bond acceptors (Lipinski definition) is 5. The van der Waals surface area contributed by atoms with Gasteiger partial charge >= 0.3 is 0 Å². The SMILES string of the molecule is CCCC(=O)N=C1S[C@H]2CS(=O)(=O)C[C@@H]2N1c1ccc(N2CCC(Cc3ccccc3)CC2)cc1. The van der Waals surface area contributed by atoms with Crippen LogP contribution in [0, 0.1) is 5.92 Å². The molecule has 2 atom stereocenters. The van der Waals surface area contributed by atoms with E-state index < -0.39 is 9.84 Å². The summed E-state index contributed by atoms with van der Waals surface area (Å²) in [5.41, 5.74) is 3.52. The van der Waals surface area contributed by atoms with Gasteiger partial charge in [-0.25, -0.2) is 8.42 Å². The number of sulfone groups is 1. The molecule has 0 radical (unpaired) electrons. The summed E-state index contributed by atoms with van der Waals surface area (Å²) in [5, 5.41) is 0.569. The molecule has 0 spiro atoms. The number of amidine groups is 1. The second-order valence-electron chi connectivity index (χ2n) is 9.85. The Balaban J connectivity index is 1.28. The second kappa shape index (κ2) is 10.3. The molecule has 0 bridgehead atoms. The minimum atomic E-state index is -3.07. The third-order valence-electron chi connectivity index (χ3n) is 7.23. The van der Waals surface area contributed by atoms with E-state index in [1.165, 1.54) is 35.9 Å². The predicted octanol–water partition coefficient (Wildman–Crippen LogP) is 4.55. The maximum atomic E-state index is 12.3. The van der Waals surface area contributed by atoms with Gasteiger partial charge in [0, 0.05) is 36.1 Å². The summed E-state index contributed by atoms with van der Waals surface area (Å²) in [5.74, 6) is 0.839. The van der Waals surface area contributed by atoms with Crippen molar-refractivity contribution in [3.63, 3.8) is 0 Å². The Morgan fingerprint density at radius 3 is 2.37 bits per heavy atom. The van der Waals surface area contributed by atoms with E-state index in [0.29, 0.717) is 11.6 Å². The van der Waals surface area contributed by atoms with Crippen molar-refractivity contribution in [2.24, 2.45) is 10.9 Å². The standard InChI is InChI=1S/C27H33N3O3S2/c1-2-6-26(31)28-27-30(24-18-35(32,33)19-25(24)34-27)23-11-9-22(10-12-23)29-15-13-21(14-16-29)17-20-7-4-3-5-8-20/h3-5,7-12,21,24-25H,2,6,13-19H2,1H3/t24-,25-/m0/s1. The molecule has 35 heavy (non-hydrogen) atoms.